The predicted molar refractivity (Wildman–Crippen MR) is 232 cm³/mol. The Balaban J connectivity index is 0.000000181. The predicted octanol–water partition coefficient (Wildman–Crippen LogP) is 4.58. The summed E-state index contributed by atoms with van der Waals surface area (Å²) in [7, 11) is 2.49. The second-order valence-electron chi connectivity index (χ2n) is 18.7. The van der Waals surface area contributed by atoms with Crippen molar-refractivity contribution >= 4 is 30.3 Å². The second kappa shape index (κ2) is 18.8. The number of likely N-dealkylation sites (tertiary alicyclic amines) is 3. The number of benzene rings is 2. The number of alkyl halides is 2. The van der Waals surface area contributed by atoms with E-state index >= 15 is 8.78 Å². The van der Waals surface area contributed by atoms with Crippen LogP contribution in [0.5, 0.6) is 11.5 Å². The number of nitrogens with zero attached hydrogens (tertiary/aromatic N) is 6. The fourth-order valence-electron chi connectivity index (χ4n) is 10.5. The summed E-state index contributed by atoms with van der Waals surface area (Å²) in [5.41, 5.74) is -2.30. The smallest absolute Gasteiger partial charge is 0.376 e. The zero-order valence-corrected chi connectivity index (χ0v) is 37.1. The summed E-state index contributed by atoms with van der Waals surface area (Å²) in [5.74, 6) is 0.0466. The van der Waals surface area contributed by atoms with E-state index in [-0.39, 0.29) is 37.3 Å². The molecule has 7 heterocycles. The van der Waals surface area contributed by atoms with Crippen molar-refractivity contribution in [2.75, 3.05) is 86.2 Å². The van der Waals surface area contributed by atoms with Gasteiger partial charge in [0, 0.05) is 121 Å². The number of nitrogens with one attached hydrogen (secondary N) is 1. The molecular formula is C45H60BF4N7O7. The van der Waals surface area contributed by atoms with E-state index in [0.717, 1.165) is 19.6 Å². The van der Waals surface area contributed by atoms with Gasteiger partial charge >= 0.3 is 7.05 Å². The highest BCUT2D eigenvalue weighted by Gasteiger charge is 2.50. The monoisotopic (exact) mass is 897 g/mol. The van der Waals surface area contributed by atoms with Crippen LogP contribution in [-0.4, -0.2) is 164 Å². The van der Waals surface area contributed by atoms with Crippen LogP contribution in [0.15, 0.2) is 46.7 Å². The van der Waals surface area contributed by atoms with Crippen LogP contribution in [0.3, 0.4) is 0 Å². The Labute approximate surface area is 372 Å². The Morgan fingerprint density at radius 2 is 1.17 bits per heavy atom. The highest BCUT2D eigenvalue weighted by atomic mass is 19.2. The van der Waals surface area contributed by atoms with Gasteiger partial charge in [-0.15, -0.1) is 0 Å². The molecule has 0 aromatic heterocycles. The molecule has 348 valence electrons. The fourth-order valence-corrected chi connectivity index (χ4v) is 10.5. The molecule has 0 aliphatic carbocycles. The first-order valence-corrected chi connectivity index (χ1v) is 22.6. The van der Waals surface area contributed by atoms with Gasteiger partial charge in [0.05, 0.1) is 11.4 Å². The van der Waals surface area contributed by atoms with Gasteiger partial charge in [0.1, 0.15) is 48.6 Å². The molecule has 0 saturated carbocycles. The van der Waals surface area contributed by atoms with Crippen LogP contribution in [0.1, 0.15) is 75.3 Å². The van der Waals surface area contributed by atoms with Crippen molar-refractivity contribution in [3.63, 3.8) is 0 Å². The van der Waals surface area contributed by atoms with Gasteiger partial charge in [-0.3, -0.25) is 9.59 Å². The van der Waals surface area contributed by atoms with Crippen molar-refractivity contribution in [1.29, 1.82) is 0 Å². The molecule has 2 N–H and O–H groups in total. The minimum Gasteiger partial charge on any atom is -0.486 e. The van der Waals surface area contributed by atoms with Gasteiger partial charge in [-0.2, -0.15) is 0 Å². The highest BCUT2D eigenvalue weighted by molar-refractivity contribution is 6.45. The molecular weight excluding hydrogens is 837 g/mol. The number of amides is 2. The summed E-state index contributed by atoms with van der Waals surface area (Å²) in [5, 5.41) is 20.9. The highest BCUT2D eigenvalue weighted by Crippen LogP contribution is 2.43. The minimum atomic E-state index is -1.83. The molecule has 5 fully saturated rings. The lowest BCUT2D eigenvalue weighted by Crippen LogP contribution is -2.59. The number of ether oxygens (including phenoxy) is 2. The number of rotatable bonds is 7. The summed E-state index contributed by atoms with van der Waals surface area (Å²) in [4.78, 5) is 43.5. The first-order valence-electron chi connectivity index (χ1n) is 22.6. The van der Waals surface area contributed by atoms with Gasteiger partial charge < -0.3 is 49.0 Å². The molecule has 0 atom stereocenters. The lowest BCUT2D eigenvalue weighted by atomic mass is 9.78. The SMILES string of the molecule is CO/N=C1\CC2(CCN(C(=O)C3(F)CCN(CC4CN(B(C)O)C4)CC3)CC2)Oc2ccc(F)cc21.CO/N=C1\CC2(CCN(C(=O)C3(F)CCNCC3)CC2)Oc2ccc(F)cc21. The van der Waals surface area contributed by atoms with Crippen LogP contribution in [0.25, 0.3) is 0 Å². The summed E-state index contributed by atoms with van der Waals surface area (Å²) in [6.07, 6.45) is 3.97. The van der Waals surface area contributed by atoms with Crippen molar-refractivity contribution in [2.24, 2.45) is 16.2 Å². The Bertz CT molecular complexity index is 2080. The molecule has 2 aromatic rings. The van der Waals surface area contributed by atoms with E-state index < -0.39 is 41.4 Å². The number of hydrogen-bond donors (Lipinski definition) is 2. The van der Waals surface area contributed by atoms with Gasteiger partial charge in [-0.05, 0) is 75.3 Å². The molecule has 7 aliphatic rings. The maximum atomic E-state index is 15.8. The lowest BCUT2D eigenvalue weighted by molar-refractivity contribution is -0.151. The number of oxime groups is 2. The average Bonchev–Trinajstić information content (AvgIpc) is 3.27. The van der Waals surface area contributed by atoms with E-state index in [0.29, 0.717) is 131 Å². The molecule has 19 heteroatoms. The zero-order valence-electron chi connectivity index (χ0n) is 37.1. The van der Waals surface area contributed by atoms with Gasteiger partial charge in [0.15, 0.2) is 11.3 Å². The van der Waals surface area contributed by atoms with Crippen LogP contribution in [0.2, 0.25) is 6.82 Å². The van der Waals surface area contributed by atoms with E-state index in [4.69, 9.17) is 19.1 Å². The van der Waals surface area contributed by atoms with Crippen molar-refractivity contribution in [1.82, 2.24) is 24.8 Å². The van der Waals surface area contributed by atoms with Crippen molar-refractivity contribution in [2.45, 2.75) is 93.6 Å². The number of fused-ring (bicyclic) bond motifs is 2. The fraction of sp³-hybridized carbons (Fsp3) is 0.644. The van der Waals surface area contributed by atoms with Crippen LogP contribution in [0, 0.1) is 17.6 Å². The molecule has 7 aliphatic heterocycles. The molecule has 14 nitrogen and oxygen atoms in total. The zero-order chi connectivity index (χ0) is 45.3. The Hall–Kier alpha value is -4.46. The summed E-state index contributed by atoms with van der Waals surface area (Å²) >= 11 is 0. The van der Waals surface area contributed by atoms with Gasteiger partial charge in [-0.25, -0.2) is 17.6 Å². The van der Waals surface area contributed by atoms with E-state index in [1.54, 1.807) is 28.8 Å². The largest absolute Gasteiger partial charge is 0.486 e. The van der Waals surface area contributed by atoms with Crippen molar-refractivity contribution < 1.29 is 51.3 Å². The van der Waals surface area contributed by atoms with Gasteiger partial charge in [0.2, 0.25) is 0 Å². The molecule has 0 unspecified atom stereocenters. The first kappa shape index (κ1) is 46.1. The maximum absolute atomic E-state index is 15.8. The third kappa shape index (κ3) is 9.73. The van der Waals surface area contributed by atoms with E-state index in [9.17, 15) is 23.4 Å². The van der Waals surface area contributed by atoms with Crippen LogP contribution >= 0.6 is 0 Å². The molecule has 64 heavy (non-hydrogen) atoms. The minimum absolute atomic E-state index is 0.209. The van der Waals surface area contributed by atoms with E-state index in [1.807, 2.05) is 4.81 Å². The molecule has 2 aromatic carbocycles. The number of carbonyl (C=O) groups is 2. The molecule has 5 saturated heterocycles. The topological polar surface area (TPSA) is 141 Å². The standard InChI is InChI=1S/C25H35BF2N4O4.C20H25F2N3O3/c1-26(34)32-16-18(17-32)15-30-9-7-25(28,8-10-30)23(33)31-11-5-24(6-12-31)14-21(29-35-2)20-13-19(27)3-4-22(20)36-24;1-27-24-16-13-19(28-17-3-2-14(21)12-15(16)17)6-10-25(11-7-19)18(26)20(22)4-8-23-9-5-20/h3-4,13,18,34H,5-12,14-17H2,1-2H3;2-3,12,23H,4-11,13H2,1H3/b29-21+;24-16+. The average molecular weight is 898 g/mol. The van der Waals surface area contributed by atoms with Gasteiger partial charge in [-0.1, -0.05) is 10.3 Å². The summed E-state index contributed by atoms with van der Waals surface area (Å²) in [6.45, 7) is 8.22. The summed E-state index contributed by atoms with van der Waals surface area (Å²) < 4.78 is 70.9. The van der Waals surface area contributed by atoms with Crippen molar-refractivity contribution in [3.8, 4) is 11.5 Å². The second-order valence-corrected chi connectivity index (χ2v) is 18.7. The van der Waals surface area contributed by atoms with E-state index in [1.165, 1.54) is 38.5 Å². The normalized spacial score (nSPS) is 24.9. The van der Waals surface area contributed by atoms with Crippen LogP contribution in [0.4, 0.5) is 17.6 Å². The first-order chi connectivity index (χ1) is 30.6. The molecule has 2 amide bonds. The summed E-state index contributed by atoms with van der Waals surface area (Å²) in [6, 6.07) is 8.69. The van der Waals surface area contributed by atoms with Crippen LogP contribution < -0.4 is 14.8 Å². The number of carbonyl (C=O) groups excluding carboxylic acids is 2. The number of halogens is 4. The van der Waals surface area contributed by atoms with Gasteiger partial charge in [0.25, 0.3) is 11.8 Å². The lowest BCUT2D eigenvalue weighted by Gasteiger charge is -2.47. The quantitative estimate of drug-likeness (QED) is 0.231. The number of hydrogen-bond acceptors (Lipinski definition) is 12. The maximum Gasteiger partial charge on any atom is 0.376 e. The van der Waals surface area contributed by atoms with E-state index in [2.05, 4.69) is 20.5 Å². The molecule has 0 radical (unpaired) electrons. The molecule has 9 rings (SSSR count). The van der Waals surface area contributed by atoms with Crippen molar-refractivity contribution in [3.05, 3.63) is 59.2 Å². The third-order valence-electron chi connectivity index (χ3n) is 14.3. The Morgan fingerprint density at radius 3 is 1.59 bits per heavy atom. The number of piperidine rings is 4. The third-order valence-corrected chi connectivity index (χ3v) is 14.3. The molecule has 2 spiro atoms. The Kier molecular flexibility index (Phi) is 13.5. The molecule has 0 bridgehead atoms. The van der Waals surface area contributed by atoms with Crippen LogP contribution in [-0.2, 0) is 19.3 Å². The Morgan fingerprint density at radius 1 is 0.734 bits per heavy atom.